The van der Waals surface area contributed by atoms with E-state index in [9.17, 15) is 5.11 Å². The minimum absolute atomic E-state index is 0.253. The molecule has 226 valence electrons. The van der Waals surface area contributed by atoms with Gasteiger partial charge >= 0.3 is 0 Å². The van der Waals surface area contributed by atoms with Crippen LogP contribution in [0.2, 0.25) is 0 Å². The van der Waals surface area contributed by atoms with Crippen LogP contribution < -0.4 is 14.7 Å². The fourth-order valence-electron chi connectivity index (χ4n) is 7.38. The third-order valence-electron chi connectivity index (χ3n) is 9.32. The zero-order valence-electron chi connectivity index (χ0n) is 25.9. The van der Waals surface area contributed by atoms with E-state index in [1.54, 1.807) is 6.07 Å². The Bertz CT molecular complexity index is 1930. The quantitative estimate of drug-likeness (QED) is 0.198. The van der Waals surface area contributed by atoms with Gasteiger partial charge in [0.25, 0.3) is 0 Å². The van der Waals surface area contributed by atoms with Crippen LogP contribution in [0.3, 0.4) is 0 Å². The molecule has 4 heteroatoms. The molecule has 8 rings (SSSR count). The summed E-state index contributed by atoms with van der Waals surface area (Å²) in [4.78, 5) is 7.44. The Kier molecular flexibility index (Phi) is 7.39. The maximum Gasteiger partial charge on any atom is 0.117 e. The number of hydrogen-bond acceptors (Lipinski definition) is 4. The van der Waals surface area contributed by atoms with E-state index in [1.165, 1.54) is 22.5 Å². The average Bonchev–Trinajstić information content (AvgIpc) is 3.12. The van der Waals surface area contributed by atoms with Crippen LogP contribution in [-0.4, -0.2) is 18.2 Å². The van der Waals surface area contributed by atoms with Crippen molar-refractivity contribution in [1.82, 2.24) is 0 Å². The zero-order chi connectivity index (χ0) is 30.9. The van der Waals surface area contributed by atoms with E-state index in [1.807, 2.05) is 12.1 Å². The number of hydrogen-bond donors (Lipinski definition) is 1. The van der Waals surface area contributed by atoms with Gasteiger partial charge in [-0.25, -0.2) is 0 Å². The minimum atomic E-state index is 0.253. The molecule has 0 aliphatic carbocycles. The number of rotatable bonds is 7. The molecule has 6 aromatic carbocycles. The molecule has 6 aromatic rings. The Hall–Kier alpha value is -5.48. The van der Waals surface area contributed by atoms with Gasteiger partial charge in [0, 0.05) is 58.6 Å². The molecule has 0 fully saturated rings. The molecule has 0 unspecified atom stereocenters. The van der Waals surface area contributed by atoms with Crippen LogP contribution in [0.15, 0.2) is 146 Å². The van der Waals surface area contributed by atoms with E-state index in [2.05, 4.69) is 142 Å². The van der Waals surface area contributed by atoms with Crippen LogP contribution in [0.1, 0.15) is 24.0 Å². The summed E-state index contributed by atoms with van der Waals surface area (Å²) in [5.41, 5.74) is 13.2. The first kappa shape index (κ1) is 28.0. The Morgan fingerprint density at radius 3 is 1.65 bits per heavy atom. The van der Waals surface area contributed by atoms with E-state index < -0.39 is 0 Å². The van der Waals surface area contributed by atoms with Gasteiger partial charge in [-0.15, -0.1) is 0 Å². The Morgan fingerprint density at radius 1 is 0.478 bits per heavy atom. The molecular weight excluding hydrogens is 562 g/mol. The van der Waals surface area contributed by atoms with E-state index in [0.29, 0.717) is 0 Å². The highest BCUT2D eigenvalue weighted by atomic mass is 16.3. The summed E-state index contributed by atoms with van der Waals surface area (Å²) in [6.45, 7) is 2.15. The molecule has 0 amide bonds. The van der Waals surface area contributed by atoms with E-state index in [-0.39, 0.29) is 5.75 Å². The number of nitrogens with zero attached hydrogens (tertiary/aromatic N) is 3. The van der Waals surface area contributed by atoms with Crippen molar-refractivity contribution in [3.05, 3.63) is 157 Å². The summed E-state index contributed by atoms with van der Waals surface area (Å²) in [5.74, 6) is 0.253. The summed E-state index contributed by atoms with van der Waals surface area (Å²) in [6.07, 6.45) is 4.31. The first-order valence-electron chi connectivity index (χ1n) is 16.3. The largest absolute Gasteiger partial charge is 0.508 e. The molecule has 0 spiro atoms. The van der Waals surface area contributed by atoms with E-state index in [4.69, 9.17) is 0 Å². The second kappa shape index (κ2) is 12.1. The third-order valence-corrected chi connectivity index (χ3v) is 9.32. The molecule has 1 N–H and O–H groups in total. The van der Waals surface area contributed by atoms with Crippen LogP contribution in [0.25, 0.3) is 11.1 Å². The molecule has 2 heterocycles. The van der Waals surface area contributed by atoms with Gasteiger partial charge in [0.1, 0.15) is 5.75 Å². The van der Waals surface area contributed by atoms with Crippen LogP contribution in [0.5, 0.6) is 5.75 Å². The van der Waals surface area contributed by atoms with Crippen molar-refractivity contribution < 1.29 is 5.11 Å². The predicted molar refractivity (Wildman–Crippen MR) is 192 cm³/mol. The fourth-order valence-corrected chi connectivity index (χ4v) is 7.38. The molecule has 0 aromatic heterocycles. The van der Waals surface area contributed by atoms with Gasteiger partial charge < -0.3 is 19.8 Å². The first-order valence-corrected chi connectivity index (χ1v) is 16.3. The van der Waals surface area contributed by atoms with Gasteiger partial charge in [0.15, 0.2) is 0 Å². The summed E-state index contributed by atoms with van der Waals surface area (Å²) in [6, 6.07) is 50.9. The second-order valence-corrected chi connectivity index (χ2v) is 12.2. The van der Waals surface area contributed by atoms with Crippen molar-refractivity contribution in [3.8, 4) is 16.9 Å². The Labute approximate surface area is 271 Å². The number of anilines is 7. The van der Waals surface area contributed by atoms with Gasteiger partial charge in [-0.2, -0.15) is 0 Å². The molecule has 0 bridgehead atoms. The molecule has 2 aliphatic heterocycles. The lowest BCUT2D eigenvalue weighted by molar-refractivity contribution is 0.475. The highest BCUT2D eigenvalue weighted by Gasteiger charge is 2.33. The normalized spacial score (nSPS) is 13.6. The highest BCUT2D eigenvalue weighted by molar-refractivity contribution is 5.95. The predicted octanol–water partition coefficient (Wildman–Crippen LogP) is 10.7. The summed E-state index contributed by atoms with van der Waals surface area (Å²) >= 11 is 0. The number of para-hydroxylation sites is 3. The van der Waals surface area contributed by atoms with Crippen LogP contribution in [0.4, 0.5) is 39.8 Å². The van der Waals surface area contributed by atoms with Crippen LogP contribution >= 0.6 is 0 Å². The lowest BCUT2D eigenvalue weighted by Gasteiger charge is -2.42. The van der Waals surface area contributed by atoms with Crippen LogP contribution in [0, 0.1) is 0 Å². The minimum Gasteiger partial charge on any atom is -0.508 e. The van der Waals surface area contributed by atoms with Gasteiger partial charge in [0.2, 0.25) is 0 Å². The number of phenols is 1. The SMILES string of the molecule is Oc1cccc(N(c2ccccc2-c2ccccc2)c2cc(N(c3ccccc3)c3ccccc3)c3c4c2CCCN4CCC3)c1. The molecule has 4 nitrogen and oxygen atoms in total. The summed E-state index contributed by atoms with van der Waals surface area (Å²) in [5, 5.41) is 10.8. The smallest absolute Gasteiger partial charge is 0.117 e. The molecule has 46 heavy (non-hydrogen) atoms. The number of phenolic OH excluding ortho intramolecular Hbond substituents is 1. The zero-order valence-corrected chi connectivity index (χ0v) is 25.9. The molecular formula is C42H37N3O. The van der Waals surface area contributed by atoms with Crippen molar-refractivity contribution in [1.29, 1.82) is 0 Å². The van der Waals surface area contributed by atoms with Gasteiger partial charge in [-0.05, 0) is 79.8 Å². The topological polar surface area (TPSA) is 30.0 Å². The van der Waals surface area contributed by atoms with Gasteiger partial charge in [0.05, 0.1) is 17.1 Å². The standard InChI is InChI=1S/C42H37N3O/c46-35-22-12-21-34(29-35)45(39-26-11-10-23-36(39)31-15-4-1-5-16-31)41-30-40(37-24-13-27-43-28-14-25-38(41)42(37)43)44(32-17-6-2-7-18-32)33-19-8-3-9-20-33/h1-12,15-23,26,29-30,46H,13-14,24-25,27-28H2. The number of benzene rings is 6. The molecule has 0 atom stereocenters. The maximum atomic E-state index is 10.8. The van der Waals surface area contributed by atoms with Gasteiger partial charge in [-0.3, -0.25) is 0 Å². The Morgan fingerprint density at radius 2 is 1.02 bits per heavy atom. The van der Waals surface area contributed by atoms with Crippen molar-refractivity contribution in [2.75, 3.05) is 27.8 Å². The Balaban J connectivity index is 1.45. The van der Waals surface area contributed by atoms with Crippen molar-refractivity contribution in [2.24, 2.45) is 0 Å². The summed E-state index contributed by atoms with van der Waals surface area (Å²) < 4.78 is 0. The van der Waals surface area contributed by atoms with E-state index in [0.717, 1.165) is 78.3 Å². The van der Waals surface area contributed by atoms with Gasteiger partial charge in [-0.1, -0.05) is 91.0 Å². The van der Waals surface area contributed by atoms with Crippen molar-refractivity contribution in [2.45, 2.75) is 25.7 Å². The average molecular weight is 600 g/mol. The van der Waals surface area contributed by atoms with Crippen molar-refractivity contribution >= 4 is 39.8 Å². The third kappa shape index (κ3) is 5.06. The number of aromatic hydroxyl groups is 1. The highest BCUT2D eigenvalue weighted by Crippen LogP contribution is 2.52. The first-order chi connectivity index (χ1) is 22.8. The molecule has 0 saturated heterocycles. The van der Waals surface area contributed by atoms with Crippen molar-refractivity contribution in [3.63, 3.8) is 0 Å². The lowest BCUT2D eigenvalue weighted by Crippen LogP contribution is -2.36. The molecule has 2 aliphatic rings. The fraction of sp³-hybridized carbons (Fsp3) is 0.143. The molecule has 0 radical (unpaired) electrons. The monoisotopic (exact) mass is 599 g/mol. The summed E-state index contributed by atoms with van der Waals surface area (Å²) in [7, 11) is 0. The second-order valence-electron chi connectivity index (χ2n) is 12.2. The maximum absolute atomic E-state index is 10.8. The van der Waals surface area contributed by atoms with E-state index >= 15 is 0 Å². The van der Waals surface area contributed by atoms with Crippen LogP contribution in [-0.2, 0) is 12.8 Å². The lowest BCUT2D eigenvalue weighted by atomic mass is 9.87. The molecule has 0 saturated carbocycles.